The Hall–Kier alpha value is -4.13. The van der Waals surface area contributed by atoms with Gasteiger partial charge in [0, 0.05) is 25.5 Å². The maximum Gasteiger partial charge on any atom is 0.282 e. The molecule has 0 saturated heterocycles. The van der Waals surface area contributed by atoms with Crippen LogP contribution in [0.1, 0.15) is 5.56 Å². The second-order valence-electron chi connectivity index (χ2n) is 7.47. The first kappa shape index (κ1) is 21.1. The maximum atomic E-state index is 13.4. The van der Waals surface area contributed by atoms with Crippen LogP contribution in [0.5, 0.6) is 5.75 Å². The van der Waals surface area contributed by atoms with Crippen LogP contribution in [0.25, 0.3) is 5.57 Å². The lowest BCUT2D eigenvalue weighted by Crippen LogP contribution is -2.32. The molecule has 0 fully saturated rings. The van der Waals surface area contributed by atoms with Crippen molar-refractivity contribution in [2.45, 2.75) is 0 Å². The molecule has 0 atom stereocenters. The highest BCUT2D eigenvalue weighted by atomic mass is 19.1. The summed E-state index contributed by atoms with van der Waals surface area (Å²) in [4.78, 5) is 29.7. The number of hydrogen-bond acceptors (Lipinski definition) is 5. The van der Waals surface area contributed by atoms with E-state index in [9.17, 15) is 14.0 Å². The van der Waals surface area contributed by atoms with Gasteiger partial charge in [0.2, 0.25) is 0 Å². The smallest absolute Gasteiger partial charge is 0.282 e. The monoisotopic (exact) mass is 431 g/mol. The highest BCUT2D eigenvalue weighted by Gasteiger charge is 2.40. The molecule has 32 heavy (non-hydrogen) atoms. The van der Waals surface area contributed by atoms with E-state index in [-0.39, 0.29) is 11.3 Å². The van der Waals surface area contributed by atoms with E-state index in [2.05, 4.69) is 5.32 Å². The fourth-order valence-corrected chi connectivity index (χ4v) is 3.48. The van der Waals surface area contributed by atoms with Gasteiger partial charge in [-0.05, 0) is 66.2 Å². The molecule has 3 aromatic rings. The Balaban J connectivity index is 1.77. The number of carbonyl (C=O) groups is 2. The first-order valence-corrected chi connectivity index (χ1v) is 9.96. The molecule has 0 aliphatic carbocycles. The number of benzene rings is 3. The molecule has 0 spiro atoms. The summed E-state index contributed by atoms with van der Waals surface area (Å²) in [7, 11) is 5.43. The zero-order chi connectivity index (χ0) is 22.8. The van der Waals surface area contributed by atoms with Gasteiger partial charge in [0.1, 0.15) is 17.3 Å². The van der Waals surface area contributed by atoms with E-state index in [1.807, 2.05) is 43.3 Å². The highest BCUT2D eigenvalue weighted by molar-refractivity contribution is 6.46. The number of nitrogens with zero attached hydrogens (tertiary/aromatic N) is 2. The van der Waals surface area contributed by atoms with Gasteiger partial charge < -0.3 is 15.0 Å². The van der Waals surface area contributed by atoms with E-state index >= 15 is 0 Å². The van der Waals surface area contributed by atoms with Crippen molar-refractivity contribution in [2.24, 2.45) is 0 Å². The number of rotatable bonds is 6. The SMILES string of the molecule is COc1ccc(C2=C(Nc3ccc(N(C)C)cc3)C(=O)N(c3ccc(F)cc3)C2=O)cc1. The minimum Gasteiger partial charge on any atom is -0.497 e. The van der Waals surface area contributed by atoms with Gasteiger partial charge in [-0.25, -0.2) is 9.29 Å². The molecule has 0 radical (unpaired) electrons. The average molecular weight is 431 g/mol. The summed E-state index contributed by atoms with van der Waals surface area (Å²) in [6.45, 7) is 0. The average Bonchev–Trinajstić information content (AvgIpc) is 3.04. The van der Waals surface area contributed by atoms with Gasteiger partial charge in [0.05, 0.1) is 18.4 Å². The summed E-state index contributed by atoms with van der Waals surface area (Å²) in [5, 5.41) is 3.12. The van der Waals surface area contributed by atoms with Gasteiger partial charge in [0.15, 0.2) is 0 Å². The lowest BCUT2D eigenvalue weighted by Gasteiger charge is -2.16. The number of imide groups is 1. The second-order valence-corrected chi connectivity index (χ2v) is 7.47. The minimum absolute atomic E-state index is 0.155. The predicted octanol–water partition coefficient (Wildman–Crippen LogP) is 4.30. The lowest BCUT2D eigenvalue weighted by atomic mass is 10.0. The molecule has 0 unspecified atom stereocenters. The molecular formula is C25H22FN3O3. The molecule has 3 aromatic carbocycles. The van der Waals surface area contributed by atoms with Crippen LogP contribution in [0.4, 0.5) is 21.5 Å². The van der Waals surface area contributed by atoms with E-state index in [0.717, 1.165) is 10.6 Å². The van der Waals surface area contributed by atoms with Crippen molar-refractivity contribution >= 4 is 34.4 Å². The molecule has 0 aromatic heterocycles. The Kier molecular flexibility index (Phi) is 5.64. The van der Waals surface area contributed by atoms with Crippen LogP contribution in [0, 0.1) is 5.82 Å². The Morgan fingerprint density at radius 2 is 1.47 bits per heavy atom. The van der Waals surface area contributed by atoms with Crippen molar-refractivity contribution < 1.29 is 18.7 Å². The molecule has 7 heteroatoms. The van der Waals surface area contributed by atoms with E-state index in [0.29, 0.717) is 22.7 Å². The van der Waals surface area contributed by atoms with Crippen molar-refractivity contribution in [3.05, 3.63) is 89.9 Å². The zero-order valence-electron chi connectivity index (χ0n) is 17.9. The highest BCUT2D eigenvalue weighted by Crippen LogP contribution is 2.34. The van der Waals surface area contributed by atoms with E-state index < -0.39 is 17.6 Å². The Morgan fingerprint density at radius 1 is 0.844 bits per heavy atom. The Bertz CT molecular complexity index is 1180. The molecule has 1 heterocycles. The molecule has 0 bridgehead atoms. The predicted molar refractivity (Wildman–Crippen MR) is 123 cm³/mol. The van der Waals surface area contributed by atoms with Crippen LogP contribution >= 0.6 is 0 Å². The number of hydrogen-bond donors (Lipinski definition) is 1. The first-order valence-electron chi connectivity index (χ1n) is 9.96. The third-order valence-electron chi connectivity index (χ3n) is 5.20. The van der Waals surface area contributed by atoms with Crippen molar-refractivity contribution in [3.63, 3.8) is 0 Å². The number of methoxy groups -OCH3 is 1. The number of carbonyl (C=O) groups excluding carboxylic acids is 2. The van der Waals surface area contributed by atoms with E-state index in [4.69, 9.17) is 4.74 Å². The summed E-state index contributed by atoms with van der Waals surface area (Å²) in [6, 6.07) is 19.7. The number of nitrogens with one attached hydrogen (secondary N) is 1. The van der Waals surface area contributed by atoms with Crippen molar-refractivity contribution in [2.75, 3.05) is 36.3 Å². The molecular weight excluding hydrogens is 409 g/mol. The number of halogens is 1. The largest absolute Gasteiger partial charge is 0.497 e. The Labute approximate surface area is 185 Å². The van der Waals surface area contributed by atoms with Gasteiger partial charge in [-0.1, -0.05) is 12.1 Å². The van der Waals surface area contributed by atoms with Crippen LogP contribution in [-0.4, -0.2) is 33.0 Å². The van der Waals surface area contributed by atoms with Crippen molar-refractivity contribution in [1.82, 2.24) is 0 Å². The van der Waals surface area contributed by atoms with Crippen molar-refractivity contribution in [1.29, 1.82) is 0 Å². The topological polar surface area (TPSA) is 61.9 Å². The van der Waals surface area contributed by atoms with Crippen LogP contribution in [0.15, 0.2) is 78.5 Å². The molecule has 6 nitrogen and oxygen atoms in total. The normalized spacial score (nSPS) is 13.6. The van der Waals surface area contributed by atoms with Crippen LogP contribution in [0.2, 0.25) is 0 Å². The van der Waals surface area contributed by atoms with E-state index in [1.165, 1.54) is 24.3 Å². The standard InChI is InChI=1S/C25H22FN3O3/c1-28(2)19-12-8-18(9-13-19)27-23-22(16-4-14-21(32-3)15-5-16)24(30)29(25(23)31)20-10-6-17(26)7-11-20/h4-15,27H,1-3H3. The maximum absolute atomic E-state index is 13.4. The van der Waals surface area contributed by atoms with Gasteiger partial charge in [-0.15, -0.1) is 0 Å². The lowest BCUT2D eigenvalue weighted by molar-refractivity contribution is -0.120. The first-order chi connectivity index (χ1) is 15.4. The molecule has 1 aliphatic heterocycles. The van der Waals surface area contributed by atoms with Crippen LogP contribution in [-0.2, 0) is 9.59 Å². The molecule has 4 rings (SSSR count). The molecule has 162 valence electrons. The quantitative estimate of drug-likeness (QED) is 0.590. The number of anilines is 3. The summed E-state index contributed by atoms with van der Waals surface area (Å²) in [5.41, 5.74) is 2.93. The van der Waals surface area contributed by atoms with E-state index in [1.54, 1.807) is 31.4 Å². The van der Waals surface area contributed by atoms with Crippen molar-refractivity contribution in [3.8, 4) is 5.75 Å². The molecule has 0 saturated carbocycles. The summed E-state index contributed by atoms with van der Waals surface area (Å²) in [6.07, 6.45) is 0. The zero-order valence-corrected chi connectivity index (χ0v) is 17.9. The third kappa shape index (κ3) is 3.92. The molecule has 2 amide bonds. The number of ether oxygens (including phenoxy) is 1. The number of amides is 2. The van der Waals surface area contributed by atoms with Gasteiger partial charge in [-0.2, -0.15) is 0 Å². The van der Waals surface area contributed by atoms with Gasteiger partial charge >= 0.3 is 0 Å². The fraction of sp³-hybridized carbons (Fsp3) is 0.120. The van der Waals surface area contributed by atoms with Crippen LogP contribution < -0.4 is 19.9 Å². The summed E-state index contributed by atoms with van der Waals surface area (Å²) in [5.74, 6) is -0.811. The fourth-order valence-electron chi connectivity index (χ4n) is 3.48. The molecule has 1 aliphatic rings. The summed E-state index contributed by atoms with van der Waals surface area (Å²) < 4.78 is 18.6. The Morgan fingerprint density at radius 3 is 2.03 bits per heavy atom. The van der Waals surface area contributed by atoms with Gasteiger partial charge in [-0.3, -0.25) is 9.59 Å². The summed E-state index contributed by atoms with van der Waals surface area (Å²) >= 11 is 0. The second kappa shape index (κ2) is 8.55. The molecule has 1 N–H and O–H groups in total. The van der Waals surface area contributed by atoms with Crippen LogP contribution in [0.3, 0.4) is 0 Å². The minimum atomic E-state index is -0.510. The third-order valence-corrected chi connectivity index (χ3v) is 5.20. The van der Waals surface area contributed by atoms with Gasteiger partial charge in [0.25, 0.3) is 11.8 Å².